The minimum Gasteiger partial charge on any atom is -0.435 e. The summed E-state index contributed by atoms with van der Waals surface area (Å²) >= 11 is 0.777. The van der Waals surface area contributed by atoms with Gasteiger partial charge in [-0.15, -0.1) is 0 Å². The van der Waals surface area contributed by atoms with Gasteiger partial charge >= 0.3 is 6.61 Å². The van der Waals surface area contributed by atoms with Crippen LogP contribution in [0.4, 0.5) is 13.6 Å². The van der Waals surface area contributed by atoms with Crippen LogP contribution < -0.4 is 10.1 Å². The summed E-state index contributed by atoms with van der Waals surface area (Å²) in [4.78, 5) is 39.2. The van der Waals surface area contributed by atoms with E-state index in [2.05, 4.69) is 15.2 Å². The van der Waals surface area contributed by atoms with Gasteiger partial charge in [0.2, 0.25) is 0 Å². The Morgan fingerprint density at radius 2 is 1.81 bits per heavy atom. The number of nitrogens with zero attached hydrogens (tertiary/aromatic N) is 3. The molecule has 0 bridgehead atoms. The molecule has 3 aromatic rings. The Bertz CT molecular complexity index is 1340. The highest BCUT2D eigenvalue weighted by molar-refractivity contribution is 8.18. The Hall–Kier alpha value is -3.99. The molecule has 4 rings (SSSR count). The predicted molar refractivity (Wildman–Crippen MR) is 135 cm³/mol. The molecular formula is C26H24F2N4O4S. The van der Waals surface area contributed by atoms with E-state index >= 15 is 0 Å². The molecular weight excluding hydrogens is 502 g/mol. The van der Waals surface area contributed by atoms with E-state index in [1.807, 2.05) is 37.3 Å². The van der Waals surface area contributed by atoms with Crippen molar-refractivity contribution >= 4 is 34.9 Å². The van der Waals surface area contributed by atoms with Crippen LogP contribution in [0.25, 0.3) is 6.08 Å². The van der Waals surface area contributed by atoms with Crippen molar-refractivity contribution in [1.29, 1.82) is 0 Å². The van der Waals surface area contributed by atoms with Crippen molar-refractivity contribution in [1.82, 2.24) is 20.0 Å². The highest BCUT2D eigenvalue weighted by Gasteiger charge is 2.34. The first-order chi connectivity index (χ1) is 17.7. The molecule has 0 spiro atoms. The van der Waals surface area contributed by atoms with Gasteiger partial charge < -0.3 is 10.1 Å². The molecule has 0 unspecified atom stereocenters. The number of thioether (sulfide) groups is 1. The maximum absolute atomic E-state index is 12.9. The van der Waals surface area contributed by atoms with E-state index in [9.17, 15) is 23.2 Å². The molecule has 1 N–H and O–H groups in total. The van der Waals surface area contributed by atoms with Crippen LogP contribution >= 0.6 is 11.8 Å². The zero-order valence-corrected chi connectivity index (χ0v) is 20.9. The van der Waals surface area contributed by atoms with Gasteiger partial charge in [0.25, 0.3) is 17.1 Å². The molecule has 0 aliphatic carbocycles. The third-order valence-corrected chi connectivity index (χ3v) is 6.59. The van der Waals surface area contributed by atoms with Crippen LogP contribution in [0.15, 0.2) is 59.5 Å². The number of aryl methyl sites for hydroxylation is 1. The number of benzene rings is 2. The molecule has 2 aromatic carbocycles. The summed E-state index contributed by atoms with van der Waals surface area (Å²) in [5.74, 6) is -0.824. The lowest BCUT2D eigenvalue weighted by molar-refractivity contribution is -0.122. The van der Waals surface area contributed by atoms with Crippen molar-refractivity contribution < 1.29 is 27.9 Å². The molecule has 3 amide bonds. The number of alkyl halides is 2. The van der Waals surface area contributed by atoms with Crippen molar-refractivity contribution in [2.24, 2.45) is 0 Å². The molecule has 2 heterocycles. The van der Waals surface area contributed by atoms with Crippen LogP contribution in [0, 0.1) is 13.8 Å². The average Bonchev–Trinajstić information content (AvgIpc) is 3.29. The third kappa shape index (κ3) is 6.23. The average molecular weight is 527 g/mol. The fourth-order valence-electron chi connectivity index (χ4n) is 3.90. The quantitative estimate of drug-likeness (QED) is 0.409. The monoisotopic (exact) mass is 526 g/mol. The van der Waals surface area contributed by atoms with E-state index in [0.717, 1.165) is 27.9 Å². The number of hydrogen-bond acceptors (Lipinski definition) is 6. The first-order valence-electron chi connectivity index (χ1n) is 11.4. The smallest absolute Gasteiger partial charge is 0.387 e. The molecule has 1 aromatic heterocycles. The van der Waals surface area contributed by atoms with Crippen LogP contribution in [0.3, 0.4) is 0 Å². The lowest BCUT2D eigenvalue weighted by atomic mass is 10.1. The van der Waals surface area contributed by atoms with E-state index in [1.54, 1.807) is 11.6 Å². The number of halogens is 2. The summed E-state index contributed by atoms with van der Waals surface area (Å²) < 4.78 is 30.7. The summed E-state index contributed by atoms with van der Waals surface area (Å²) in [6.07, 6.45) is 1.50. The van der Waals surface area contributed by atoms with Crippen molar-refractivity contribution in [2.45, 2.75) is 27.0 Å². The van der Waals surface area contributed by atoms with Gasteiger partial charge in [0, 0.05) is 18.8 Å². The Morgan fingerprint density at radius 1 is 1.11 bits per heavy atom. The lowest BCUT2D eigenvalue weighted by Gasteiger charge is -2.13. The minimum absolute atomic E-state index is 0.00512. The number of hydrogen-bond donors (Lipinski definition) is 1. The maximum Gasteiger partial charge on any atom is 0.387 e. The van der Waals surface area contributed by atoms with Crippen molar-refractivity contribution in [3.8, 4) is 5.75 Å². The number of nitrogens with one attached hydrogen (secondary N) is 1. The largest absolute Gasteiger partial charge is 0.435 e. The van der Waals surface area contributed by atoms with Gasteiger partial charge in [-0.25, -0.2) is 0 Å². The SMILES string of the molecule is Cc1nn(Cc2ccccc2)c(C)c1C(=O)NCCN1C(=O)S/C(=C/c2ccc(OC(F)F)cc2)C1=O. The Morgan fingerprint density at radius 3 is 2.49 bits per heavy atom. The third-order valence-electron chi connectivity index (χ3n) is 5.68. The highest BCUT2D eigenvalue weighted by Crippen LogP contribution is 2.32. The molecule has 1 aliphatic rings. The second-order valence-electron chi connectivity index (χ2n) is 8.23. The van der Waals surface area contributed by atoms with Gasteiger partial charge in [0.1, 0.15) is 5.75 Å². The molecule has 192 valence electrons. The zero-order chi connectivity index (χ0) is 26.5. The first-order valence-corrected chi connectivity index (χ1v) is 12.2. The van der Waals surface area contributed by atoms with E-state index in [1.165, 1.54) is 30.3 Å². The molecule has 0 atom stereocenters. The Balaban J connectivity index is 1.35. The number of rotatable bonds is 9. The van der Waals surface area contributed by atoms with E-state index in [-0.39, 0.29) is 29.7 Å². The Kier molecular flexibility index (Phi) is 8.02. The number of ether oxygens (including phenoxy) is 1. The number of carbonyl (C=O) groups excluding carboxylic acids is 3. The summed E-state index contributed by atoms with van der Waals surface area (Å²) in [6.45, 7) is 1.27. The summed E-state index contributed by atoms with van der Waals surface area (Å²) in [5.41, 5.74) is 3.39. The predicted octanol–water partition coefficient (Wildman–Crippen LogP) is 4.62. The lowest BCUT2D eigenvalue weighted by Crippen LogP contribution is -2.37. The molecule has 0 radical (unpaired) electrons. The van der Waals surface area contributed by atoms with Gasteiger partial charge in [0.15, 0.2) is 0 Å². The molecule has 11 heteroatoms. The van der Waals surface area contributed by atoms with Gasteiger partial charge in [-0.3, -0.25) is 24.0 Å². The standard InChI is InChI=1S/C26H24F2N4O4S/c1-16-22(17(2)32(30-16)15-19-6-4-3-5-7-19)23(33)29-12-13-31-24(34)21(37-26(31)35)14-18-8-10-20(11-9-18)36-25(27)28/h3-11,14,25H,12-13,15H2,1-2H3,(H,29,33)/b21-14+. The number of imide groups is 1. The number of aromatic nitrogens is 2. The second-order valence-corrected chi connectivity index (χ2v) is 9.22. The second kappa shape index (κ2) is 11.4. The van der Waals surface area contributed by atoms with Crippen LogP contribution in [-0.4, -0.2) is 51.4 Å². The summed E-state index contributed by atoms with van der Waals surface area (Å²) in [7, 11) is 0. The first kappa shape index (κ1) is 26.1. The minimum atomic E-state index is -2.93. The normalized spacial score (nSPS) is 14.6. The number of amides is 3. The summed E-state index contributed by atoms with van der Waals surface area (Å²) in [5, 5.41) is 6.80. The molecule has 1 saturated heterocycles. The van der Waals surface area contributed by atoms with Crippen molar-refractivity contribution in [3.63, 3.8) is 0 Å². The zero-order valence-electron chi connectivity index (χ0n) is 20.1. The van der Waals surface area contributed by atoms with E-state index in [0.29, 0.717) is 23.4 Å². The van der Waals surface area contributed by atoms with Crippen molar-refractivity contribution in [2.75, 3.05) is 13.1 Å². The fraction of sp³-hybridized carbons (Fsp3) is 0.231. The van der Waals surface area contributed by atoms with Gasteiger partial charge in [0.05, 0.1) is 22.7 Å². The van der Waals surface area contributed by atoms with Gasteiger partial charge in [-0.2, -0.15) is 13.9 Å². The molecule has 0 saturated carbocycles. The van der Waals surface area contributed by atoms with Crippen LogP contribution in [0.5, 0.6) is 5.75 Å². The van der Waals surface area contributed by atoms with Crippen molar-refractivity contribution in [3.05, 3.63) is 87.6 Å². The molecule has 37 heavy (non-hydrogen) atoms. The fourth-order valence-corrected chi connectivity index (χ4v) is 4.76. The van der Waals surface area contributed by atoms with E-state index in [4.69, 9.17) is 0 Å². The topological polar surface area (TPSA) is 93.5 Å². The Labute approximate surface area is 216 Å². The summed E-state index contributed by atoms with van der Waals surface area (Å²) in [6, 6.07) is 15.5. The van der Waals surface area contributed by atoms with E-state index < -0.39 is 17.8 Å². The molecule has 1 aliphatic heterocycles. The highest BCUT2D eigenvalue weighted by atomic mass is 32.2. The van der Waals surface area contributed by atoms with Crippen LogP contribution in [0.2, 0.25) is 0 Å². The molecule has 1 fully saturated rings. The van der Waals surface area contributed by atoms with Crippen LogP contribution in [0.1, 0.15) is 32.9 Å². The van der Waals surface area contributed by atoms with Crippen LogP contribution in [-0.2, 0) is 11.3 Å². The maximum atomic E-state index is 12.9. The van der Waals surface area contributed by atoms with Gasteiger partial charge in [-0.05, 0) is 54.9 Å². The number of carbonyl (C=O) groups is 3. The van der Waals surface area contributed by atoms with Gasteiger partial charge in [-0.1, -0.05) is 42.5 Å². The molecule has 8 nitrogen and oxygen atoms in total.